The summed E-state index contributed by atoms with van der Waals surface area (Å²) in [6.45, 7) is 4.13. The SMILES string of the molecule is COc1c(C)ccc(CC2CCNCC2)c1O. The van der Waals surface area contributed by atoms with Crippen molar-refractivity contribution in [2.24, 2.45) is 5.92 Å². The fourth-order valence-corrected chi connectivity index (χ4v) is 2.53. The standard InChI is InChI=1S/C14H21NO2/c1-10-3-4-12(13(16)14(10)17-2)9-11-5-7-15-8-6-11/h3-4,11,15-16H,5-9H2,1-2H3. The van der Waals surface area contributed by atoms with Crippen LogP contribution in [0.5, 0.6) is 11.5 Å². The van der Waals surface area contributed by atoms with Crippen molar-refractivity contribution in [3.8, 4) is 11.5 Å². The first-order chi connectivity index (χ1) is 8.22. The molecule has 1 aromatic rings. The maximum Gasteiger partial charge on any atom is 0.163 e. The van der Waals surface area contributed by atoms with E-state index in [1.54, 1.807) is 7.11 Å². The van der Waals surface area contributed by atoms with Crippen molar-refractivity contribution < 1.29 is 9.84 Å². The van der Waals surface area contributed by atoms with E-state index in [1.807, 2.05) is 19.1 Å². The van der Waals surface area contributed by atoms with Gasteiger partial charge in [-0.3, -0.25) is 0 Å². The van der Waals surface area contributed by atoms with Gasteiger partial charge in [0.2, 0.25) is 0 Å². The number of rotatable bonds is 3. The van der Waals surface area contributed by atoms with Gasteiger partial charge in [-0.15, -0.1) is 0 Å². The molecule has 0 spiro atoms. The summed E-state index contributed by atoms with van der Waals surface area (Å²) in [5.74, 6) is 1.62. The summed E-state index contributed by atoms with van der Waals surface area (Å²) in [7, 11) is 1.61. The molecule has 17 heavy (non-hydrogen) atoms. The van der Waals surface area contributed by atoms with Crippen LogP contribution in [0, 0.1) is 12.8 Å². The van der Waals surface area contributed by atoms with E-state index in [9.17, 15) is 5.11 Å². The zero-order valence-electron chi connectivity index (χ0n) is 10.6. The summed E-state index contributed by atoms with van der Waals surface area (Å²) in [5, 5.41) is 13.5. The smallest absolute Gasteiger partial charge is 0.163 e. The summed E-state index contributed by atoms with van der Waals surface area (Å²) in [6.07, 6.45) is 3.33. The van der Waals surface area contributed by atoms with Crippen molar-refractivity contribution in [3.05, 3.63) is 23.3 Å². The van der Waals surface area contributed by atoms with Crippen molar-refractivity contribution in [3.63, 3.8) is 0 Å². The Morgan fingerprint density at radius 2 is 2.06 bits per heavy atom. The molecule has 1 aliphatic rings. The molecule has 3 nitrogen and oxygen atoms in total. The fourth-order valence-electron chi connectivity index (χ4n) is 2.53. The zero-order valence-corrected chi connectivity index (χ0v) is 10.6. The lowest BCUT2D eigenvalue weighted by Crippen LogP contribution is -2.28. The molecule has 1 aromatic carbocycles. The van der Waals surface area contributed by atoms with Crippen LogP contribution < -0.4 is 10.1 Å². The van der Waals surface area contributed by atoms with Crippen LogP contribution in [-0.4, -0.2) is 25.3 Å². The van der Waals surface area contributed by atoms with Crippen molar-refractivity contribution in [2.75, 3.05) is 20.2 Å². The molecule has 1 aliphatic heterocycles. The molecule has 0 saturated carbocycles. The Labute approximate surface area is 103 Å². The number of phenols is 1. The number of nitrogens with one attached hydrogen (secondary N) is 1. The third-order valence-corrected chi connectivity index (χ3v) is 3.58. The minimum atomic E-state index is 0.325. The largest absolute Gasteiger partial charge is 0.504 e. The average molecular weight is 235 g/mol. The summed E-state index contributed by atoms with van der Waals surface area (Å²) < 4.78 is 5.24. The lowest BCUT2D eigenvalue weighted by Gasteiger charge is -2.23. The van der Waals surface area contributed by atoms with E-state index in [4.69, 9.17) is 4.74 Å². The van der Waals surface area contributed by atoms with Crippen LogP contribution in [0.15, 0.2) is 12.1 Å². The molecule has 1 heterocycles. The molecule has 94 valence electrons. The highest BCUT2D eigenvalue weighted by Gasteiger charge is 2.17. The van der Waals surface area contributed by atoms with Gasteiger partial charge in [0, 0.05) is 0 Å². The summed E-state index contributed by atoms with van der Waals surface area (Å²) in [6, 6.07) is 4.05. The fraction of sp³-hybridized carbons (Fsp3) is 0.571. The Morgan fingerprint density at radius 3 is 2.71 bits per heavy atom. The molecule has 0 aliphatic carbocycles. The lowest BCUT2D eigenvalue weighted by molar-refractivity contribution is 0.351. The van der Waals surface area contributed by atoms with Gasteiger partial charge in [-0.25, -0.2) is 0 Å². The first kappa shape index (κ1) is 12.2. The molecule has 0 radical (unpaired) electrons. The van der Waals surface area contributed by atoms with E-state index in [2.05, 4.69) is 5.32 Å². The Kier molecular flexibility index (Phi) is 3.89. The topological polar surface area (TPSA) is 41.5 Å². The van der Waals surface area contributed by atoms with Crippen molar-refractivity contribution >= 4 is 0 Å². The molecule has 0 bridgehead atoms. The second kappa shape index (κ2) is 5.41. The van der Waals surface area contributed by atoms with E-state index >= 15 is 0 Å². The molecule has 2 N–H and O–H groups in total. The van der Waals surface area contributed by atoms with E-state index < -0.39 is 0 Å². The second-order valence-electron chi connectivity index (χ2n) is 4.82. The number of ether oxygens (including phenoxy) is 1. The molecule has 1 saturated heterocycles. The molecule has 0 amide bonds. The van der Waals surface area contributed by atoms with Crippen LogP contribution in [0.1, 0.15) is 24.0 Å². The molecule has 0 unspecified atom stereocenters. The molecule has 2 rings (SSSR count). The van der Waals surface area contributed by atoms with Gasteiger partial charge in [0.15, 0.2) is 11.5 Å². The van der Waals surface area contributed by atoms with Crippen LogP contribution in [0.4, 0.5) is 0 Å². The first-order valence-electron chi connectivity index (χ1n) is 6.28. The van der Waals surface area contributed by atoms with Gasteiger partial charge < -0.3 is 15.2 Å². The van der Waals surface area contributed by atoms with Gasteiger partial charge in [-0.1, -0.05) is 12.1 Å². The van der Waals surface area contributed by atoms with Gasteiger partial charge in [0.05, 0.1) is 7.11 Å². The monoisotopic (exact) mass is 235 g/mol. The number of benzene rings is 1. The van der Waals surface area contributed by atoms with Gasteiger partial charge >= 0.3 is 0 Å². The Bertz CT molecular complexity index is 384. The first-order valence-corrected chi connectivity index (χ1v) is 6.28. The number of aromatic hydroxyl groups is 1. The third-order valence-electron chi connectivity index (χ3n) is 3.58. The second-order valence-corrected chi connectivity index (χ2v) is 4.82. The summed E-state index contributed by atoms with van der Waals surface area (Å²) >= 11 is 0. The van der Waals surface area contributed by atoms with Crippen LogP contribution in [-0.2, 0) is 6.42 Å². The number of phenolic OH excluding ortho intramolecular Hbond substituents is 1. The molecular formula is C14H21NO2. The van der Waals surface area contributed by atoms with Crippen LogP contribution in [0.3, 0.4) is 0 Å². The van der Waals surface area contributed by atoms with Crippen LogP contribution >= 0.6 is 0 Å². The van der Waals surface area contributed by atoms with Gasteiger partial charge in [-0.05, 0) is 56.3 Å². The number of hydrogen-bond donors (Lipinski definition) is 2. The third kappa shape index (κ3) is 2.72. The zero-order chi connectivity index (χ0) is 12.3. The lowest BCUT2D eigenvalue weighted by atomic mass is 9.90. The molecule has 0 aromatic heterocycles. The Balaban J connectivity index is 2.15. The predicted molar refractivity (Wildman–Crippen MR) is 68.7 cm³/mol. The number of hydrogen-bond acceptors (Lipinski definition) is 3. The number of methoxy groups -OCH3 is 1. The predicted octanol–water partition coefficient (Wildman–Crippen LogP) is 2.25. The van der Waals surface area contributed by atoms with Crippen molar-refractivity contribution in [1.82, 2.24) is 5.32 Å². The highest BCUT2D eigenvalue weighted by atomic mass is 16.5. The van der Waals surface area contributed by atoms with E-state index in [1.165, 1.54) is 12.8 Å². The van der Waals surface area contributed by atoms with Crippen molar-refractivity contribution in [1.29, 1.82) is 0 Å². The highest BCUT2D eigenvalue weighted by molar-refractivity contribution is 5.50. The normalized spacial score (nSPS) is 17.1. The molecule has 1 fully saturated rings. The molecule has 0 atom stereocenters. The van der Waals surface area contributed by atoms with Crippen LogP contribution in [0.2, 0.25) is 0 Å². The maximum atomic E-state index is 10.2. The number of piperidine rings is 1. The number of aryl methyl sites for hydroxylation is 1. The quantitative estimate of drug-likeness (QED) is 0.844. The van der Waals surface area contributed by atoms with Gasteiger partial charge in [-0.2, -0.15) is 0 Å². The minimum Gasteiger partial charge on any atom is -0.504 e. The van der Waals surface area contributed by atoms with E-state index in [0.717, 1.165) is 30.6 Å². The molecular weight excluding hydrogens is 214 g/mol. The van der Waals surface area contributed by atoms with E-state index in [0.29, 0.717) is 17.4 Å². The van der Waals surface area contributed by atoms with Gasteiger partial charge in [0.25, 0.3) is 0 Å². The summed E-state index contributed by atoms with van der Waals surface area (Å²) in [5.41, 5.74) is 2.00. The maximum absolute atomic E-state index is 10.2. The summed E-state index contributed by atoms with van der Waals surface area (Å²) in [4.78, 5) is 0. The van der Waals surface area contributed by atoms with E-state index in [-0.39, 0.29) is 0 Å². The highest BCUT2D eigenvalue weighted by Crippen LogP contribution is 2.35. The average Bonchev–Trinajstić information content (AvgIpc) is 2.35. The minimum absolute atomic E-state index is 0.325. The Morgan fingerprint density at radius 1 is 1.35 bits per heavy atom. The molecule has 3 heteroatoms. The Hall–Kier alpha value is -1.22. The van der Waals surface area contributed by atoms with Crippen LogP contribution in [0.25, 0.3) is 0 Å². The van der Waals surface area contributed by atoms with Crippen molar-refractivity contribution in [2.45, 2.75) is 26.2 Å². The van der Waals surface area contributed by atoms with Gasteiger partial charge in [0.1, 0.15) is 0 Å².